The largest absolute Gasteiger partial charge is 0.497 e. The lowest BCUT2D eigenvalue weighted by atomic mass is 10.00. The molecule has 1 aliphatic rings. The molecule has 196 valence electrons. The van der Waals surface area contributed by atoms with Gasteiger partial charge in [0.05, 0.1) is 18.6 Å². The summed E-state index contributed by atoms with van der Waals surface area (Å²) in [5.41, 5.74) is 6.78. The van der Waals surface area contributed by atoms with Gasteiger partial charge in [-0.3, -0.25) is 0 Å². The summed E-state index contributed by atoms with van der Waals surface area (Å²) in [6.45, 7) is 3.16. The Morgan fingerprint density at radius 2 is 1.84 bits per heavy atom. The third-order valence-corrected chi connectivity index (χ3v) is 7.85. The number of carbonyl (C=O) groups is 1. The number of nitrogens with one attached hydrogen (secondary N) is 1. The van der Waals surface area contributed by atoms with E-state index in [1.807, 2.05) is 6.07 Å². The molecule has 0 radical (unpaired) electrons. The number of oxime groups is 1. The molecule has 1 aliphatic heterocycles. The second-order valence-corrected chi connectivity index (χ2v) is 10.9. The summed E-state index contributed by atoms with van der Waals surface area (Å²) in [5.74, 6) is 1.09. The van der Waals surface area contributed by atoms with Crippen molar-refractivity contribution in [3.05, 3.63) is 71.8 Å². The van der Waals surface area contributed by atoms with Crippen LogP contribution in [-0.4, -0.2) is 55.6 Å². The normalized spacial score (nSPS) is 15.1. The Morgan fingerprint density at radius 3 is 2.54 bits per heavy atom. The van der Waals surface area contributed by atoms with Crippen LogP contribution in [0.25, 0.3) is 10.8 Å². The summed E-state index contributed by atoms with van der Waals surface area (Å²) >= 11 is 0. The van der Waals surface area contributed by atoms with Crippen LogP contribution in [0.2, 0.25) is 0 Å². The van der Waals surface area contributed by atoms with Crippen molar-refractivity contribution in [2.45, 2.75) is 31.2 Å². The van der Waals surface area contributed by atoms with Crippen LogP contribution in [0.5, 0.6) is 5.75 Å². The van der Waals surface area contributed by atoms with Gasteiger partial charge in [0, 0.05) is 18.7 Å². The van der Waals surface area contributed by atoms with Gasteiger partial charge in [-0.2, -0.15) is 0 Å². The number of amidine groups is 1. The predicted octanol–water partition coefficient (Wildman–Crippen LogP) is 3.49. The average Bonchev–Trinajstić information content (AvgIpc) is 2.91. The van der Waals surface area contributed by atoms with Crippen LogP contribution in [0.1, 0.15) is 30.9 Å². The highest BCUT2D eigenvalue weighted by Crippen LogP contribution is 2.24. The number of amides is 2. The number of hydrazine groups is 1. The molecule has 0 aromatic heterocycles. The Morgan fingerprint density at radius 1 is 1.14 bits per heavy atom. The molecule has 0 atom stereocenters. The van der Waals surface area contributed by atoms with Gasteiger partial charge in [-0.15, -0.1) is 4.83 Å². The Kier molecular flexibility index (Phi) is 7.84. The van der Waals surface area contributed by atoms with Gasteiger partial charge in [0.25, 0.3) is 10.0 Å². The van der Waals surface area contributed by atoms with E-state index in [9.17, 15) is 13.2 Å². The molecule has 0 aliphatic carbocycles. The summed E-state index contributed by atoms with van der Waals surface area (Å²) < 4.78 is 32.1. The molecule has 3 aromatic carbocycles. The fraction of sp³-hybridized carbons (Fsp3) is 0.308. The van der Waals surface area contributed by atoms with Crippen molar-refractivity contribution in [1.29, 1.82) is 0 Å². The number of sulfonamides is 1. The first-order valence-corrected chi connectivity index (χ1v) is 13.4. The highest BCUT2D eigenvalue weighted by molar-refractivity contribution is 7.89. The van der Waals surface area contributed by atoms with Crippen molar-refractivity contribution in [3.63, 3.8) is 0 Å². The molecule has 3 aromatic rings. The van der Waals surface area contributed by atoms with Crippen molar-refractivity contribution in [2.75, 3.05) is 20.2 Å². The molecular weight excluding hydrogens is 494 g/mol. The van der Waals surface area contributed by atoms with E-state index >= 15 is 0 Å². The third-order valence-electron chi connectivity index (χ3n) is 6.52. The van der Waals surface area contributed by atoms with Crippen LogP contribution in [0, 0.1) is 5.92 Å². The molecule has 4 rings (SSSR count). The van der Waals surface area contributed by atoms with Crippen molar-refractivity contribution < 1.29 is 23.2 Å². The van der Waals surface area contributed by atoms with E-state index in [2.05, 4.69) is 16.9 Å². The number of urea groups is 1. The maximum Gasteiger partial charge on any atom is 0.335 e. The molecule has 0 bridgehead atoms. The average molecular weight is 526 g/mol. The number of hydrogen-bond donors (Lipinski definition) is 3. The number of piperidine rings is 1. The van der Waals surface area contributed by atoms with E-state index < -0.39 is 16.1 Å². The molecule has 1 saturated heterocycles. The zero-order chi connectivity index (χ0) is 26.6. The number of rotatable bonds is 7. The summed E-state index contributed by atoms with van der Waals surface area (Å²) in [7, 11) is -2.53. The van der Waals surface area contributed by atoms with Crippen molar-refractivity contribution in [2.24, 2.45) is 16.8 Å². The third kappa shape index (κ3) is 6.12. The van der Waals surface area contributed by atoms with Crippen molar-refractivity contribution >= 4 is 32.7 Å². The molecule has 4 N–H and O–H groups in total. The lowest BCUT2D eigenvalue weighted by Gasteiger charge is -2.34. The first-order chi connectivity index (χ1) is 17.7. The van der Waals surface area contributed by atoms with Crippen LogP contribution in [0.3, 0.4) is 0 Å². The van der Waals surface area contributed by atoms with Gasteiger partial charge in [0.2, 0.25) is 0 Å². The quantitative estimate of drug-likeness (QED) is 0.187. The molecule has 1 fully saturated rings. The number of nitrogens with two attached hydrogens (primary N) is 1. The lowest BCUT2D eigenvalue weighted by Crippen LogP contribution is -2.53. The summed E-state index contributed by atoms with van der Waals surface area (Å²) in [5, 5.41) is 14.7. The summed E-state index contributed by atoms with van der Waals surface area (Å²) in [6.07, 6.45) is 1.69. The minimum atomic E-state index is -4.10. The Labute approximate surface area is 216 Å². The number of methoxy groups -OCH3 is 1. The fourth-order valence-corrected chi connectivity index (χ4v) is 5.34. The van der Waals surface area contributed by atoms with Gasteiger partial charge in [-0.1, -0.05) is 42.4 Å². The molecule has 37 heavy (non-hydrogen) atoms. The molecule has 1 heterocycles. The van der Waals surface area contributed by atoms with Crippen molar-refractivity contribution in [1.82, 2.24) is 14.7 Å². The maximum absolute atomic E-state index is 13.5. The van der Waals surface area contributed by atoms with Gasteiger partial charge in [0.1, 0.15) is 5.75 Å². The monoisotopic (exact) mass is 525 g/mol. The Hall–Kier alpha value is -3.83. The van der Waals surface area contributed by atoms with Gasteiger partial charge >= 0.3 is 6.03 Å². The summed E-state index contributed by atoms with van der Waals surface area (Å²) in [4.78, 5) is 17.7. The minimum Gasteiger partial charge on any atom is -0.497 e. The van der Waals surface area contributed by atoms with Crippen LogP contribution in [-0.2, 0) is 16.6 Å². The van der Waals surface area contributed by atoms with Gasteiger partial charge < -0.3 is 20.6 Å². The van der Waals surface area contributed by atoms with Crippen LogP contribution in [0.15, 0.2) is 70.7 Å². The number of nitrogens with zero attached hydrogens (tertiary/aromatic N) is 3. The molecule has 2 amide bonds. The van der Waals surface area contributed by atoms with E-state index in [1.54, 1.807) is 60.5 Å². The Balaban J connectivity index is 1.64. The lowest BCUT2D eigenvalue weighted by molar-refractivity contribution is 0.124. The summed E-state index contributed by atoms with van der Waals surface area (Å²) in [6, 6.07) is 16.4. The predicted molar refractivity (Wildman–Crippen MR) is 141 cm³/mol. The number of ether oxygens (including phenoxy) is 1. The van der Waals surface area contributed by atoms with E-state index in [1.165, 1.54) is 6.07 Å². The number of fused-ring (bicyclic) bond motifs is 1. The van der Waals surface area contributed by atoms with Crippen LogP contribution < -0.4 is 15.3 Å². The zero-order valence-electron chi connectivity index (χ0n) is 20.8. The number of benzene rings is 3. The van der Waals surface area contributed by atoms with E-state index in [0.717, 1.165) is 28.6 Å². The second-order valence-electron chi connectivity index (χ2n) is 9.19. The van der Waals surface area contributed by atoms with Crippen molar-refractivity contribution in [3.8, 4) is 5.75 Å². The molecular formula is C26H31N5O5S. The minimum absolute atomic E-state index is 0.0284. The molecule has 0 unspecified atom stereocenters. The number of hydrogen-bond acceptors (Lipinski definition) is 6. The highest BCUT2D eigenvalue weighted by atomic mass is 32.2. The number of carbonyl (C=O) groups excluding carboxylic acids is 1. The first kappa shape index (κ1) is 26.2. The van der Waals surface area contributed by atoms with E-state index in [-0.39, 0.29) is 17.3 Å². The number of likely N-dealkylation sites (tertiary alicyclic amines) is 1. The molecule has 10 nitrogen and oxygen atoms in total. The van der Waals surface area contributed by atoms with E-state index in [4.69, 9.17) is 15.7 Å². The smallest absolute Gasteiger partial charge is 0.335 e. The second kappa shape index (κ2) is 11.1. The van der Waals surface area contributed by atoms with Gasteiger partial charge in [0.15, 0.2) is 5.84 Å². The standard InChI is InChI=1S/C26H31N5O5S/c1-18-10-12-30(13-11-18)26(32)31(17-19-4-3-5-22(14-19)25(27)28-33)29-37(34,35)24-9-7-20-15-23(36-2)8-6-21(20)16-24/h3-9,14-16,18,29,33H,10-13,17H2,1-2H3,(H2,27,28). The topological polar surface area (TPSA) is 138 Å². The first-order valence-electron chi connectivity index (χ1n) is 11.9. The Bertz CT molecular complexity index is 1420. The highest BCUT2D eigenvalue weighted by Gasteiger charge is 2.29. The molecule has 0 saturated carbocycles. The van der Waals surface area contributed by atoms with Gasteiger partial charge in [-0.25, -0.2) is 18.2 Å². The SMILES string of the molecule is COc1ccc2cc(S(=O)(=O)NN(Cc3cccc(/C(N)=N/O)c3)C(=O)N3CCC(C)CC3)ccc2c1. The zero-order valence-corrected chi connectivity index (χ0v) is 21.6. The van der Waals surface area contributed by atoms with E-state index in [0.29, 0.717) is 35.9 Å². The fourth-order valence-electron chi connectivity index (χ4n) is 4.27. The van der Waals surface area contributed by atoms with Gasteiger partial charge in [-0.05, 0) is 65.4 Å². The van der Waals surface area contributed by atoms with Crippen LogP contribution in [0.4, 0.5) is 4.79 Å². The van der Waals surface area contributed by atoms with Crippen LogP contribution >= 0.6 is 0 Å². The maximum atomic E-state index is 13.5. The molecule has 0 spiro atoms. The molecule has 11 heteroatoms.